The highest BCUT2D eigenvalue weighted by Gasteiger charge is 2.13. The predicted molar refractivity (Wildman–Crippen MR) is 69.0 cm³/mol. The zero-order chi connectivity index (χ0) is 12.5. The number of rotatable bonds is 2. The number of aryl methyl sites for hydroxylation is 2. The van der Waals surface area contributed by atoms with E-state index < -0.39 is 0 Å². The van der Waals surface area contributed by atoms with Crippen molar-refractivity contribution in [1.29, 1.82) is 0 Å². The van der Waals surface area contributed by atoms with Crippen LogP contribution in [0.2, 0.25) is 0 Å². The number of imidazole rings is 1. The summed E-state index contributed by atoms with van der Waals surface area (Å²) in [4.78, 5) is 7.84. The quantitative estimate of drug-likeness (QED) is 0.746. The molecule has 0 atom stereocenters. The number of benzene rings is 1. The largest absolute Gasteiger partial charge is 0.354 e. The molecule has 0 aliphatic heterocycles. The number of hydrogen-bond donors (Lipinski definition) is 1. The SMILES string of the molecule is Cc1cc(-c2nc(-c3ccccc3)[nH]c2C)on1. The molecule has 3 aromatic rings. The first-order valence-corrected chi connectivity index (χ1v) is 5.80. The van der Waals surface area contributed by atoms with Crippen molar-refractivity contribution >= 4 is 0 Å². The van der Waals surface area contributed by atoms with Crippen LogP contribution < -0.4 is 0 Å². The summed E-state index contributed by atoms with van der Waals surface area (Å²) in [5.41, 5.74) is 3.70. The fourth-order valence-electron chi connectivity index (χ4n) is 1.91. The van der Waals surface area contributed by atoms with Crippen LogP contribution in [0, 0.1) is 13.8 Å². The van der Waals surface area contributed by atoms with Crippen LogP contribution in [-0.2, 0) is 0 Å². The van der Waals surface area contributed by atoms with E-state index in [9.17, 15) is 0 Å². The Balaban J connectivity index is 2.06. The van der Waals surface area contributed by atoms with Crippen molar-refractivity contribution < 1.29 is 4.52 Å². The van der Waals surface area contributed by atoms with Crippen LogP contribution in [0.1, 0.15) is 11.4 Å². The highest BCUT2D eigenvalue weighted by molar-refractivity contribution is 5.63. The minimum absolute atomic E-state index is 0.698. The Labute approximate surface area is 105 Å². The first-order chi connectivity index (χ1) is 8.74. The molecule has 0 spiro atoms. The molecule has 18 heavy (non-hydrogen) atoms. The Morgan fingerprint density at radius 2 is 1.89 bits per heavy atom. The molecule has 0 aliphatic carbocycles. The summed E-state index contributed by atoms with van der Waals surface area (Å²) in [5.74, 6) is 1.54. The normalized spacial score (nSPS) is 10.8. The van der Waals surface area contributed by atoms with Crippen LogP contribution >= 0.6 is 0 Å². The summed E-state index contributed by atoms with van der Waals surface area (Å²) in [6.07, 6.45) is 0. The molecule has 0 aliphatic rings. The van der Waals surface area contributed by atoms with Gasteiger partial charge in [-0.3, -0.25) is 0 Å². The van der Waals surface area contributed by atoms with Gasteiger partial charge in [0.1, 0.15) is 11.5 Å². The van der Waals surface area contributed by atoms with E-state index in [4.69, 9.17) is 4.52 Å². The molecule has 4 heteroatoms. The van der Waals surface area contributed by atoms with Crippen LogP contribution in [0.3, 0.4) is 0 Å². The van der Waals surface area contributed by atoms with Gasteiger partial charge in [0.2, 0.25) is 0 Å². The third-order valence-electron chi connectivity index (χ3n) is 2.79. The molecule has 0 unspecified atom stereocenters. The second-order valence-corrected chi connectivity index (χ2v) is 4.26. The number of nitrogens with zero attached hydrogens (tertiary/aromatic N) is 2. The molecule has 0 amide bonds. The number of H-pyrrole nitrogens is 1. The second-order valence-electron chi connectivity index (χ2n) is 4.26. The number of hydrogen-bond acceptors (Lipinski definition) is 3. The van der Waals surface area contributed by atoms with E-state index in [0.717, 1.165) is 28.5 Å². The molecule has 0 fully saturated rings. The Kier molecular flexibility index (Phi) is 2.48. The van der Waals surface area contributed by atoms with E-state index in [0.29, 0.717) is 5.76 Å². The third kappa shape index (κ3) is 1.82. The summed E-state index contributed by atoms with van der Waals surface area (Å²) in [7, 11) is 0. The smallest absolute Gasteiger partial charge is 0.187 e. The van der Waals surface area contributed by atoms with Gasteiger partial charge in [0.25, 0.3) is 0 Å². The van der Waals surface area contributed by atoms with Gasteiger partial charge in [0, 0.05) is 17.3 Å². The van der Waals surface area contributed by atoms with Gasteiger partial charge in [-0.2, -0.15) is 0 Å². The lowest BCUT2D eigenvalue weighted by molar-refractivity contribution is 0.426. The van der Waals surface area contributed by atoms with Crippen LogP contribution in [0.4, 0.5) is 0 Å². The van der Waals surface area contributed by atoms with E-state index in [1.54, 1.807) is 0 Å². The lowest BCUT2D eigenvalue weighted by Crippen LogP contribution is -1.79. The van der Waals surface area contributed by atoms with Crippen molar-refractivity contribution in [2.75, 3.05) is 0 Å². The van der Waals surface area contributed by atoms with E-state index in [-0.39, 0.29) is 0 Å². The summed E-state index contributed by atoms with van der Waals surface area (Å²) in [6, 6.07) is 11.9. The van der Waals surface area contributed by atoms with Gasteiger partial charge in [-0.05, 0) is 13.8 Å². The Hall–Kier alpha value is -2.36. The third-order valence-corrected chi connectivity index (χ3v) is 2.79. The van der Waals surface area contributed by atoms with Crippen LogP contribution in [0.5, 0.6) is 0 Å². The molecule has 1 aromatic carbocycles. The highest BCUT2D eigenvalue weighted by atomic mass is 16.5. The van der Waals surface area contributed by atoms with Crippen LogP contribution in [-0.4, -0.2) is 15.1 Å². The van der Waals surface area contributed by atoms with Crippen molar-refractivity contribution in [2.24, 2.45) is 0 Å². The number of nitrogens with one attached hydrogen (secondary N) is 1. The van der Waals surface area contributed by atoms with Gasteiger partial charge in [-0.1, -0.05) is 35.5 Å². The first-order valence-electron chi connectivity index (χ1n) is 5.80. The fourth-order valence-corrected chi connectivity index (χ4v) is 1.91. The van der Waals surface area contributed by atoms with E-state index in [1.807, 2.05) is 50.2 Å². The number of aromatic nitrogens is 3. The molecule has 2 aromatic heterocycles. The maximum atomic E-state index is 5.25. The van der Waals surface area contributed by atoms with Crippen molar-refractivity contribution in [1.82, 2.24) is 15.1 Å². The molecule has 3 rings (SSSR count). The lowest BCUT2D eigenvalue weighted by atomic mass is 10.2. The van der Waals surface area contributed by atoms with E-state index in [1.165, 1.54) is 0 Å². The van der Waals surface area contributed by atoms with Crippen molar-refractivity contribution in [3.63, 3.8) is 0 Å². The highest BCUT2D eigenvalue weighted by Crippen LogP contribution is 2.25. The zero-order valence-corrected chi connectivity index (χ0v) is 10.3. The molecule has 90 valence electrons. The first kappa shape index (κ1) is 10.8. The molecule has 0 saturated heterocycles. The van der Waals surface area contributed by atoms with Gasteiger partial charge in [-0.25, -0.2) is 4.98 Å². The van der Waals surface area contributed by atoms with Crippen LogP contribution in [0.15, 0.2) is 40.9 Å². The maximum absolute atomic E-state index is 5.25. The fraction of sp³-hybridized carbons (Fsp3) is 0.143. The summed E-state index contributed by atoms with van der Waals surface area (Å²) in [6.45, 7) is 3.87. The van der Waals surface area contributed by atoms with Gasteiger partial charge < -0.3 is 9.51 Å². The average Bonchev–Trinajstić information content (AvgIpc) is 2.97. The minimum atomic E-state index is 0.698. The molecule has 2 heterocycles. The van der Waals surface area contributed by atoms with Crippen molar-refractivity contribution in [3.8, 4) is 22.8 Å². The maximum Gasteiger partial charge on any atom is 0.187 e. The Morgan fingerprint density at radius 3 is 2.56 bits per heavy atom. The van der Waals surface area contributed by atoms with Gasteiger partial charge in [0.05, 0.1) is 5.69 Å². The molecule has 1 N–H and O–H groups in total. The zero-order valence-electron chi connectivity index (χ0n) is 10.3. The predicted octanol–water partition coefficient (Wildman–Crippen LogP) is 3.35. The average molecular weight is 239 g/mol. The summed E-state index contributed by atoms with van der Waals surface area (Å²) in [5, 5.41) is 3.89. The van der Waals surface area contributed by atoms with E-state index in [2.05, 4.69) is 15.1 Å². The molecule has 0 radical (unpaired) electrons. The summed E-state index contributed by atoms with van der Waals surface area (Å²) < 4.78 is 5.25. The lowest BCUT2D eigenvalue weighted by Gasteiger charge is -1.93. The standard InChI is InChI=1S/C14H13N3O/c1-9-8-12(18-17-9)13-10(2)15-14(16-13)11-6-4-3-5-7-11/h3-8H,1-2H3,(H,15,16). The number of aromatic amines is 1. The van der Waals surface area contributed by atoms with Gasteiger partial charge >= 0.3 is 0 Å². The minimum Gasteiger partial charge on any atom is -0.354 e. The van der Waals surface area contributed by atoms with Gasteiger partial charge in [-0.15, -0.1) is 0 Å². The summed E-state index contributed by atoms with van der Waals surface area (Å²) >= 11 is 0. The molecule has 4 nitrogen and oxygen atoms in total. The van der Waals surface area contributed by atoms with Crippen molar-refractivity contribution in [2.45, 2.75) is 13.8 Å². The molecule has 0 saturated carbocycles. The van der Waals surface area contributed by atoms with Crippen LogP contribution in [0.25, 0.3) is 22.8 Å². The van der Waals surface area contributed by atoms with E-state index >= 15 is 0 Å². The topological polar surface area (TPSA) is 54.7 Å². The van der Waals surface area contributed by atoms with Gasteiger partial charge in [0.15, 0.2) is 5.76 Å². The monoisotopic (exact) mass is 239 g/mol. The Morgan fingerprint density at radius 1 is 1.11 bits per heavy atom. The molecular weight excluding hydrogens is 226 g/mol. The molecule has 0 bridgehead atoms. The van der Waals surface area contributed by atoms with Crippen molar-refractivity contribution in [3.05, 3.63) is 47.8 Å². The second kappa shape index (κ2) is 4.14. The molecular formula is C14H13N3O. The Bertz CT molecular complexity index is 667.